The fraction of sp³-hybridized carbons (Fsp3) is 0.400. The summed E-state index contributed by atoms with van der Waals surface area (Å²) in [5.74, 6) is -0.452. The van der Waals surface area contributed by atoms with Crippen molar-refractivity contribution in [3.63, 3.8) is 0 Å². The van der Waals surface area contributed by atoms with E-state index in [4.69, 9.17) is 4.42 Å². The van der Waals surface area contributed by atoms with Crippen LogP contribution in [0.1, 0.15) is 54.1 Å². The quantitative estimate of drug-likeness (QED) is 0.843. The minimum absolute atomic E-state index is 0.0512. The Bertz CT molecular complexity index is 735. The maximum Gasteiger partial charge on any atom is 0.287 e. The van der Waals surface area contributed by atoms with E-state index in [-0.39, 0.29) is 23.6 Å². The van der Waals surface area contributed by atoms with Crippen LogP contribution in [0, 0.1) is 19.8 Å². The summed E-state index contributed by atoms with van der Waals surface area (Å²) in [7, 11) is 0. The van der Waals surface area contributed by atoms with E-state index in [1.807, 2.05) is 46.8 Å². The van der Waals surface area contributed by atoms with Gasteiger partial charge in [-0.25, -0.2) is 0 Å². The molecule has 0 saturated carbocycles. The summed E-state index contributed by atoms with van der Waals surface area (Å²) in [5, 5.41) is 5.77. The van der Waals surface area contributed by atoms with E-state index in [0.717, 1.165) is 16.7 Å². The van der Waals surface area contributed by atoms with E-state index in [2.05, 4.69) is 16.7 Å². The lowest BCUT2D eigenvalue weighted by atomic mass is 9.98. The van der Waals surface area contributed by atoms with Crippen LogP contribution in [0.4, 0.5) is 0 Å². The highest BCUT2D eigenvalue weighted by Gasteiger charge is 2.27. The van der Waals surface area contributed by atoms with Gasteiger partial charge in [0.25, 0.3) is 5.91 Å². The zero-order valence-corrected chi connectivity index (χ0v) is 15.4. The fourth-order valence-corrected chi connectivity index (χ4v) is 2.76. The molecule has 1 heterocycles. The van der Waals surface area contributed by atoms with Crippen LogP contribution in [0.3, 0.4) is 0 Å². The summed E-state index contributed by atoms with van der Waals surface area (Å²) in [6, 6.07) is 8.61. The van der Waals surface area contributed by atoms with Gasteiger partial charge in [-0.3, -0.25) is 9.59 Å². The van der Waals surface area contributed by atoms with E-state index in [1.54, 1.807) is 12.1 Å². The molecule has 2 N–H and O–H groups in total. The third-order valence-electron chi connectivity index (χ3n) is 4.24. The van der Waals surface area contributed by atoms with Gasteiger partial charge in [-0.15, -0.1) is 0 Å². The number of carbonyl (C=O) groups excluding carboxylic acids is 2. The molecule has 2 rings (SSSR count). The Kier molecular flexibility index (Phi) is 6.02. The first-order valence-electron chi connectivity index (χ1n) is 8.51. The molecule has 1 aromatic heterocycles. The Morgan fingerprint density at radius 2 is 1.76 bits per heavy atom. The summed E-state index contributed by atoms with van der Waals surface area (Å²) in [6.45, 7) is 9.80. The SMILES string of the molecule is Cc1ccc(C)c(C(C)NC(=O)C(NC(=O)c2ccco2)C(C)C)c1. The Morgan fingerprint density at radius 1 is 1.04 bits per heavy atom. The molecule has 0 radical (unpaired) electrons. The van der Waals surface area contributed by atoms with Crippen molar-refractivity contribution in [1.82, 2.24) is 10.6 Å². The van der Waals surface area contributed by atoms with E-state index in [0.29, 0.717) is 0 Å². The molecule has 5 heteroatoms. The Labute approximate surface area is 148 Å². The second-order valence-corrected chi connectivity index (χ2v) is 6.76. The second kappa shape index (κ2) is 8.01. The summed E-state index contributed by atoms with van der Waals surface area (Å²) in [4.78, 5) is 24.9. The lowest BCUT2D eigenvalue weighted by Crippen LogP contribution is -2.50. The van der Waals surface area contributed by atoms with Gasteiger partial charge < -0.3 is 15.1 Å². The van der Waals surface area contributed by atoms with Crippen molar-refractivity contribution >= 4 is 11.8 Å². The molecule has 25 heavy (non-hydrogen) atoms. The molecule has 5 nitrogen and oxygen atoms in total. The molecule has 0 fully saturated rings. The standard InChI is InChI=1S/C20H26N2O3/c1-12(2)18(22-19(23)17-7-6-10-25-17)20(24)21-15(5)16-11-13(3)8-9-14(16)4/h6-12,15,18H,1-5H3,(H,21,24)(H,22,23). The largest absolute Gasteiger partial charge is 0.459 e. The molecule has 0 bridgehead atoms. The molecule has 0 spiro atoms. The van der Waals surface area contributed by atoms with Crippen LogP contribution in [-0.4, -0.2) is 17.9 Å². The van der Waals surface area contributed by atoms with Gasteiger partial charge in [0.15, 0.2) is 5.76 Å². The molecule has 0 saturated heterocycles. The zero-order valence-electron chi connectivity index (χ0n) is 15.4. The molecule has 0 aliphatic carbocycles. The summed E-state index contributed by atoms with van der Waals surface area (Å²) >= 11 is 0. The van der Waals surface area contributed by atoms with E-state index >= 15 is 0 Å². The van der Waals surface area contributed by atoms with Crippen LogP contribution in [-0.2, 0) is 4.79 Å². The van der Waals surface area contributed by atoms with Gasteiger partial charge in [-0.2, -0.15) is 0 Å². The first-order chi connectivity index (χ1) is 11.8. The van der Waals surface area contributed by atoms with E-state index in [9.17, 15) is 9.59 Å². The normalized spacial score (nSPS) is 13.4. The number of amides is 2. The average Bonchev–Trinajstić information content (AvgIpc) is 3.08. The third kappa shape index (κ3) is 4.72. The number of hydrogen-bond donors (Lipinski definition) is 2. The Morgan fingerprint density at radius 3 is 2.36 bits per heavy atom. The van der Waals surface area contributed by atoms with Crippen LogP contribution in [0.2, 0.25) is 0 Å². The molecule has 1 aromatic carbocycles. The number of rotatable bonds is 6. The lowest BCUT2D eigenvalue weighted by molar-refractivity contribution is -0.124. The van der Waals surface area contributed by atoms with Crippen LogP contribution >= 0.6 is 0 Å². The minimum Gasteiger partial charge on any atom is -0.459 e. The number of carbonyl (C=O) groups is 2. The predicted octanol–water partition coefficient (Wildman–Crippen LogP) is 3.53. The molecule has 134 valence electrons. The van der Waals surface area contributed by atoms with Gasteiger partial charge in [-0.1, -0.05) is 37.6 Å². The number of furan rings is 1. The van der Waals surface area contributed by atoms with Crippen LogP contribution < -0.4 is 10.6 Å². The lowest BCUT2D eigenvalue weighted by Gasteiger charge is -2.24. The molecule has 2 aromatic rings. The van der Waals surface area contributed by atoms with Gasteiger partial charge in [0.2, 0.25) is 5.91 Å². The molecular weight excluding hydrogens is 316 g/mol. The van der Waals surface area contributed by atoms with Crippen molar-refractivity contribution in [2.75, 3.05) is 0 Å². The maximum absolute atomic E-state index is 12.7. The maximum atomic E-state index is 12.7. The molecule has 2 atom stereocenters. The molecule has 0 aliphatic rings. The van der Waals surface area contributed by atoms with Crippen molar-refractivity contribution < 1.29 is 14.0 Å². The number of hydrogen-bond acceptors (Lipinski definition) is 3. The van der Waals surface area contributed by atoms with Gasteiger partial charge in [-0.05, 0) is 49.9 Å². The summed E-state index contributed by atoms with van der Waals surface area (Å²) in [6.07, 6.45) is 1.43. The first-order valence-corrected chi connectivity index (χ1v) is 8.51. The highest BCUT2D eigenvalue weighted by molar-refractivity contribution is 5.95. The Hall–Kier alpha value is -2.56. The molecule has 0 aliphatic heterocycles. The predicted molar refractivity (Wildman–Crippen MR) is 97.3 cm³/mol. The van der Waals surface area contributed by atoms with Crippen LogP contribution in [0.15, 0.2) is 41.0 Å². The molecule has 2 amide bonds. The zero-order chi connectivity index (χ0) is 18.6. The molecule has 2 unspecified atom stereocenters. The second-order valence-electron chi connectivity index (χ2n) is 6.76. The fourth-order valence-electron chi connectivity index (χ4n) is 2.76. The monoisotopic (exact) mass is 342 g/mol. The minimum atomic E-state index is -0.634. The topological polar surface area (TPSA) is 71.3 Å². The van der Waals surface area contributed by atoms with Gasteiger partial charge >= 0.3 is 0 Å². The third-order valence-corrected chi connectivity index (χ3v) is 4.24. The van der Waals surface area contributed by atoms with E-state index in [1.165, 1.54) is 6.26 Å². The highest BCUT2D eigenvalue weighted by Crippen LogP contribution is 2.19. The summed E-state index contributed by atoms with van der Waals surface area (Å²) in [5.41, 5.74) is 3.35. The average molecular weight is 342 g/mol. The number of nitrogens with one attached hydrogen (secondary N) is 2. The van der Waals surface area contributed by atoms with Crippen molar-refractivity contribution in [2.45, 2.75) is 46.7 Å². The van der Waals surface area contributed by atoms with Crippen LogP contribution in [0.5, 0.6) is 0 Å². The molecular formula is C20H26N2O3. The number of aryl methyl sites for hydroxylation is 2. The van der Waals surface area contributed by atoms with Crippen molar-refractivity contribution in [3.05, 3.63) is 59.0 Å². The van der Waals surface area contributed by atoms with Crippen LogP contribution in [0.25, 0.3) is 0 Å². The van der Waals surface area contributed by atoms with E-state index < -0.39 is 11.9 Å². The first kappa shape index (κ1) is 18.8. The van der Waals surface area contributed by atoms with Crippen molar-refractivity contribution in [3.8, 4) is 0 Å². The van der Waals surface area contributed by atoms with Crippen molar-refractivity contribution in [2.24, 2.45) is 5.92 Å². The van der Waals surface area contributed by atoms with Crippen molar-refractivity contribution in [1.29, 1.82) is 0 Å². The highest BCUT2D eigenvalue weighted by atomic mass is 16.3. The smallest absolute Gasteiger partial charge is 0.287 e. The Balaban J connectivity index is 2.09. The van der Waals surface area contributed by atoms with Gasteiger partial charge in [0.1, 0.15) is 6.04 Å². The van der Waals surface area contributed by atoms with Gasteiger partial charge in [0.05, 0.1) is 12.3 Å². The van der Waals surface area contributed by atoms with Gasteiger partial charge in [0, 0.05) is 0 Å². The number of benzene rings is 1. The summed E-state index contributed by atoms with van der Waals surface area (Å²) < 4.78 is 5.09.